The first-order chi connectivity index (χ1) is 14.7. The topological polar surface area (TPSA) is 94.7 Å². The van der Waals surface area contributed by atoms with Gasteiger partial charge in [0.25, 0.3) is 5.56 Å². The summed E-state index contributed by atoms with van der Waals surface area (Å²) >= 11 is 1.38. The summed E-state index contributed by atoms with van der Waals surface area (Å²) in [6, 6.07) is 8.32. The van der Waals surface area contributed by atoms with Crippen LogP contribution in [0.25, 0.3) is 22.3 Å². The SMILES string of the molecule is Cn1ncc2c(=O)n(CCC(=O)Nc3nc(-c4ccc(C(C)(C)C)cc4)cs3)cnc21. The molecular weight excluding hydrogens is 412 g/mol. The summed E-state index contributed by atoms with van der Waals surface area (Å²) < 4.78 is 2.97. The monoisotopic (exact) mass is 436 g/mol. The highest BCUT2D eigenvalue weighted by Gasteiger charge is 2.14. The van der Waals surface area contributed by atoms with Gasteiger partial charge in [0.05, 0.1) is 18.2 Å². The highest BCUT2D eigenvalue weighted by molar-refractivity contribution is 7.14. The number of carbonyl (C=O) groups is 1. The van der Waals surface area contributed by atoms with Gasteiger partial charge in [-0.3, -0.25) is 18.8 Å². The Balaban J connectivity index is 1.39. The first kappa shape index (κ1) is 20.9. The van der Waals surface area contributed by atoms with Crippen LogP contribution in [0.2, 0.25) is 0 Å². The third-order valence-corrected chi connectivity index (χ3v) is 5.85. The van der Waals surface area contributed by atoms with E-state index in [4.69, 9.17) is 0 Å². The van der Waals surface area contributed by atoms with Gasteiger partial charge in [-0.15, -0.1) is 11.3 Å². The zero-order valence-electron chi connectivity index (χ0n) is 17.9. The van der Waals surface area contributed by atoms with Gasteiger partial charge in [-0.1, -0.05) is 45.0 Å². The summed E-state index contributed by atoms with van der Waals surface area (Å²) in [4.78, 5) is 33.6. The lowest BCUT2D eigenvalue weighted by Gasteiger charge is -2.18. The van der Waals surface area contributed by atoms with Gasteiger partial charge in [-0.2, -0.15) is 5.10 Å². The van der Waals surface area contributed by atoms with E-state index < -0.39 is 0 Å². The van der Waals surface area contributed by atoms with Gasteiger partial charge in [-0.25, -0.2) is 9.97 Å². The Bertz CT molecular complexity index is 1290. The lowest BCUT2D eigenvalue weighted by Crippen LogP contribution is -2.23. The zero-order chi connectivity index (χ0) is 22.2. The van der Waals surface area contributed by atoms with Crippen LogP contribution in [0.1, 0.15) is 32.8 Å². The smallest absolute Gasteiger partial charge is 0.264 e. The maximum Gasteiger partial charge on any atom is 0.264 e. The molecule has 0 saturated heterocycles. The van der Waals surface area contributed by atoms with Crippen LogP contribution in [0.4, 0.5) is 5.13 Å². The molecule has 31 heavy (non-hydrogen) atoms. The van der Waals surface area contributed by atoms with Crippen LogP contribution in [-0.4, -0.2) is 30.2 Å². The van der Waals surface area contributed by atoms with Gasteiger partial charge in [-0.05, 0) is 11.0 Å². The molecular formula is C22H24N6O2S. The third kappa shape index (κ3) is 4.41. The van der Waals surface area contributed by atoms with Crippen LogP contribution >= 0.6 is 11.3 Å². The number of rotatable bonds is 5. The Hall–Kier alpha value is -3.33. The number of carbonyl (C=O) groups excluding carboxylic acids is 1. The average Bonchev–Trinajstić information content (AvgIpc) is 3.34. The number of aryl methyl sites for hydroxylation is 2. The Morgan fingerprint density at radius 2 is 1.94 bits per heavy atom. The highest BCUT2D eigenvalue weighted by Crippen LogP contribution is 2.28. The number of fused-ring (bicyclic) bond motifs is 1. The number of aromatic nitrogens is 5. The molecule has 0 spiro atoms. The van der Waals surface area contributed by atoms with Crippen molar-refractivity contribution in [2.24, 2.45) is 7.05 Å². The second kappa shape index (κ2) is 8.07. The predicted molar refractivity (Wildman–Crippen MR) is 122 cm³/mol. The van der Waals surface area contributed by atoms with Gasteiger partial charge >= 0.3 is 0 Å². The van der Waals surface area contributed by atoms with E-state index in [2.05, 4.69) is 65.4 Å². The lowest BCUT2D eigenvalue weighted by atomic mass is 9.86. The van der Waals surface area contributed by atoms with E-state index in [1.54, 1.807) is 11.7 Å². The summed E-state index contributed by atoms with van der Waals surface area (Å²) in [5.41, 5.74) is 3.50. The molecule has 9 heteroatoms. The summed E-state index contributed by atoms with van der Waals surface area (Å²) in [6.45, 7) is 6.77. The van der Waals surface area contributed by atoms with Gasteiger partial charge in [0, 0.05) is 31.0 Å². The van der Waals surface area contributed by atoms with E-state index in [9.17, 15) is 9.59 Å². The summed E-state index contributed by atoms with van der Waals surface area (Å²) in [5, 5.41) is 9.76. The standard InChI is InChI=1S/C22H24N6O2S/c1-22(2,3)15-7-5-14(6-8-15)17-12-31-21(25-17)26-18(29)9-10-28-13-23-19-16(20(28)30)11-24-27(19)4/h5-8,11-13H,9-10H2,1-4H3,(H,25,26,29). The van der Waals surface area contributed by atoms with E-state index >= 15 is 0 Å². The van der Waals surface area contributed by atoms with Crippen molar-refractivity contribution in [2.45, 2.75) is 39.2 Å². The molecule has 0 aliphatic carbocycles. The second-order valence-corrected chi connectivity index (χ2v) is 9.27. The van der Waals surface area contributed by atoms with Crippen molar-refractivity contribution in [1.82, 2.24) is 24.3 Å². The minimum Gasteiger partial charge on any atom is -0.302 e. The van der Waals surface area contributed by atoms with Crippen molar-refractivity contribution < 1.29 is 4.79 Å². The van der Waals surface area contributed by atoms with E-state index in [1.807, 2.05) is 5.38 Å². The average molecular weight is 437 g/mol. The second-order valence-electron chi connectivity index (χ2n) is 8.41. The highest BCUT2D eigenvalue weighted by atomic mass is 32.1. The molecule has 4 aromatic rings. The number of amides is 1. The van der Waals surface area contributed by atoms with Crippen LogP contribution < -0.4 is 10.9 Å². The quantitative estimate of drug-likeness (QED) is 0.516. The number of benzene rings is 1. The summed E-state index contributed by atoms with van der Waals surface area (Å²) in [7, 11) is 1.73. The van der Waals surface area contributed by atoms with Gasteiger partial charge in [0.2, 0.25) is 5.91 Å². The van der Waals surface area contributed by atoms with Crippen LogP contribution in [0.5, 0.6) is 0 Å². The van der Waals surface area contributed by atoms with Crippen molar-refractivity contribution >= 4 is 33.4 Å². The lowest BCUT2D eigenvalue weighted by molar-refractivity contribution is -0.116. The fourth-order valence-electron chi connectivity index (χ4n) is 3.23. The van der Waals surface area contributed by atoms with Crippen molar-refractivity contribution in [3.63, 3.8) is 0 Å². The maximum atomic E-state index is 12.5. The van der Waals surface area contributed by atoms with Crippen LogP contribution in [0, 0.1) is 0 Å². The molecule has 3 heterocycles. The minimum atomic E-state index is -0.207. The molecule has 0 aliphatic rings. The zero-order valence-corrected chi connectivity index (χ0v) is 18.7. The van der Waals surface area contributed by atoms with Gasteiger partial charge < -0.3 is 5.32 Å². The Morgan fingerprint density at radius 1 is 1.19 bits per heavy atom. The molecule has 0 aliphatic heterocycles. The molecule has 1 aromatic carbocycles. The molecule has 1 N–H and O–H groups in total. The predicted octanol–water partition coefficient (Wildman–Crippen LogP) is 3.58. The first-order valence-corrected chi connectivity index (χ1v) is 10.8. The maximum absolute atomic E-state index is 12.5. The summed E-state index contributed by atoms with van der Waals surface area (Å²) in [6.07, 6.45) is 3.08. The fraction of sp³-hybridized carbons (Fsp3) is 0.318. The molecule has 0 saturated carbocycles. The number of hydrogen-bond acceptors (Lipinski definition) is 6. The van der Waals surface area contributed by atoms with Gasteiger partial charge in [0.15, 0.2) is 10.8 Å². The van der Waals surface area contributed by atoms with Crippen LogP contribution in [-0.2, 0) is 23.8 Å². The van der Waals surface area contributed by atoms with Crippen molar-refractivity contribution in [3.05, 3.63) is 58.1 Å². The van der Waals surface area contributed by atoms with Crippen LogP contribution in [0.3, 0.4) is 0 Å². The van der Waals surface area contributed by atoms with Crippen molar-refractivity contribution in [1.29, 1.82) is 0 Å². The molecule has 3 aromatic heterocycles. The molecule has 0 atom stereocenters. The number of nitrogens with zero attached hydrogens (tertiary/aromatic N) is 5. The Kier molecular flexibility index (Phi) is 5.45. The number of anilines is 1. The molecule has 0 radical (unpaired) electrons. The largest absolute Gasteiger partial charge is 0.302 e. The van der Waals surface area contributed by atoms with Crippen molar-refractivity contribution in [3.8, 4) is 11.3 Å². The summed E-state index contributed by atoms with van der Waals surface area (Å²) in [5.74, 6) is -0.206. The Morgan fingerprint density at radius 3 is 2.65 bits per heavy atom. The minimum absolute atomic E-state index is 0.0960. The fourth-order valence-corrected chi connectivity index (χ4v) is 3.97. The molecule has 0 fully saturated rings. The number of nitrogens with one attached hydrogen (secondary N) is 1. The third-order valence-electron chi connectivity index (χ3n) is 5.10. The van der Waals surface area contributed by atoms with Gasteiger partial charge in [0.1, 0.15) is 5.39 Å². The van der Waals surface area contributed by atoms with E-state index in [-0.39, 0.29) is 29.8 Å². The van der Waals surface area contributed by atoms with Crippen LogP contribution in [0.15, 0.2) is 47.0 Å². The first-order valence-electron chi connectivity index (χ1n) is 9.96. The molecule has 1 amide bonds. The molecule has 4 rings (SSSR count). The van der Waals surface area contributed by atoms with Crippen molar-refractivity contribution in [2.75, 3.05) is 5.32 Å². The van der Waals surface area contributed by atoms with E-state index in [0.717, 1.165) is 11.3 Å². The number of hydrogen-bond donors (Lipinski definition) is 1. The van der Waals surface area contributed by atoms with E-state index in [0.29, 0.717) is 16.2 Å². The molecule has 0 unspecified atom stereocenters. The molecule has 8 nitrogen and oxygen atoms in total. The molecule has 0 bridgehead atoms. The van der Waals surface area contributed by atoms with E-state index in [1.165, 1.54) is 34.0 Å². The molecule has 160 valence electrons. The number of thiazole rings is 1. The normalized spacial score (nSPS) is 11.7. The Labute approximate surface area is 183 Å².